The molecule has 2 amide bonds. The minimum absolute atomic E-state index is 0.269. The average Bonchev–Trinajstić information content (AvgIpc) is 2.93. The molecule has 4 aromatic carbocycles. The van der Waals surface area contributed by atoms with E-state index in [2.05, 4.69) is 15.8 Å². The normalized spacial score (nSPS) is 10.8. The smallest absolute Gasteiger partial charge is 0.343 e. The van der Waals surface area contributed by atoms with Crippen LogP contribution >= 0.6 is 11.6 Å². The molecule has 0 unspecified atom stereocenters. The molecule has 0 saturated carbocycles. The number of fused-ring (bicyclic) bond motifs is 1. The molecular weight excluding hydrogens is 506 g/mol. The number of carbonyl (C=O) groups is 3. The van der Waals surface area contributed by atoms with Crippen molar-refractivity contribution >= 4 is 46.4 Å². The van der Waals surface area contributed by atoms with E-state index in [1.807, 2.05) is 37.3 Å². The van der Waals surface area contributed by atoms with Gasteiger partial charge >= 0.3 is 5.97 Å². The standard InChI is InChI=1S/C29H24ClN3O5/c1-2-37-23-14-9-20(10-15-23)28(35)31-18-27(34)33-32-17-25-24-6-4-3-5-19(24)11-16-26(25)38-29(36)21-7-12-22(30)13-8-21/h3-17H,2,18H2,1H3,(H,31,35)(H,33,34)/b32-17-. The Morgan fingerprint density at radius 3 is 2.34 bits per heavy atom. The molecule has 0 aromatic heterocycles. The van der Waals surface area contributed by atoms with Crippen molar-refractivity contribution < 1.29 is 23.9 Å². The number of nitrogens with one attached hydrogen (secondary N) is 2. The van der Waals surface area contributed by atoms with Gasteiger partial charge in [0.1, 0.15) is 11.5 Å². The van der Waals surface area contributed by atoms with Crippen molar-refractivity contribution in [2.24, 2.45) is 5.10 Å². The van der Waals surface area contributed by atoms with Crippen molar-refractivity contribution in [1.82, 2.24) is 10.7 Å². The van der Waals surface area contributed by atoms with Gasteiger partial charge in [0, 0.05) is 16.1 Å². The molecule has 0 saturated heterocycles. The van der Waals surface area contributed by atoms with E-state index < -0.39 is 17.8 Å². The Balaban J connectivity index is 1.43. The minimum Gasteiger partial charge on any atom is -0.494 e. The van der Waals surface area contributed by atoms with Crippen LogP contribution in [0.2, 0.25) is 5.02 Å². The highest BCUT2D eigenvalue weighted by Crippen LogP contribution is 2.27. The lowest BCUT2D eigenvalue weighted by Gasteiger charge is -2.11. The van der Waals surface area contributed by atoms with Gasteiger partial charge in [-0.25, -0.2) is 10.2 Å². The number of hydrogen-bond donors (Lipinski definition) is 2. The molecule has 0 aliphatic rings. The number of halogens is 1. The Bertz CT molecular complexity index is 1480. The van der Waals surface area contributed by atoms with Crippen LogP contribution in [-0.4, -0.2) is 37.1 Å². The lowest BCUT2D eigenvalue weighted by molar-refractivity contribution is -0.120. The van der Waals surface area contributed by atoms with Gasteiger partial charge in [-0.05, 0) is 72.3 Å². The van der Waals surface area contributed by atoms with Crippen LogP contribution in [0.5, 0.6) is 11.5 Å². The third-order valence-electron chi connectivity index (χ3n) is 5.43. The molecule has 0 bridgehead atoms. The van der Waals surface area contributed by atoms with Crippen LogP contribution in [0.4, 0.5) is 0 Å². The first kappa shape index (κ1) is 26.4. The zero-order chi connectivity index (χ0) is 26.9. The van der Waals surface area contributed by atoms with E-state index in [1.165, 1.54) is 6.21 Å². The third-order valence-corrected chi connectivity index (χ3v) is 5.69. The maximum absolute atomic E-state index is 12.7. The molecule has 0 heterocycles. The summed E-state index contributed by atoms with van der Waals surface area (Å²) in [4.78, 5) is 37.3. The number of benzene rings is 4. The fourth-order valence-corrected chi connectivity index (χ4v) is 3.71. The molecule has 0 radical (unpaired) electrons. The van der Waals surface area contributed by atoms with Crippen molar-refractivity contribution in [3.8, 4) is 11.5 Å². The number of amides is 2. The quantitative estimate of drug-likeness (QED) is 0.137. The Morgan fingerprint density at radius 2 is 1.61 bits per heavy atom. The van der Waals surface area contributed by atoms with Gasteiger partial charge in [0.2, 0.25) is 0 Å². The SMILES string of the molecule is CCOc1ccc(C(=O)NCC(=O)N/N=C\c2c(OC(=O)c3ccc(Cl)cc3)ccc3ccccc23)cc1. The van der Waals surface area contributed by atoms with Gasteiger partial charge in [0.15, 0.2) is 0 Å². The van der Waals surface area contributed by atoms with E-state index in [0.29, 0.717) is 34.1 Å². The van der Waals surface area contributed by atoms with Crippen molar-refractivity contribution in [2.75, 3.05) is 13.2 Å². The molecule has 0 spiro atoms. The number of esters is 1. The van der Waals surface area contributed by atoms with Crippen molar-refractivity contribution in [1.29, 1.82) is 0 Å². The molecule has 192 valence electrons. The molecular formula is C29H24ClN3O5. The van der Waals surface area contributed by atoms with Crippen LogP contribution in [0, 0.1) is 0 Å². The lowest BCUT2D eigenvalue weighted by atomic mass is 10.0. The summed E-state index contributed by atoms with van der Waals surface area (Å²) in [5.41, 5.74) is 3.62. The van der Waals surface area contributed by atoms with Crippen LogP contribution in [0.3, 0.4) is 0 Å². The number of nitrogens with zero attached hydrogens (tertiary/aromatic N) is 1. The first-order valence-electron chi connectivity index (χ1n) is 11.8. The lowest BCUT2D eigenvalue weighted by Crippen LogP contribution is -2.34. The fourth-order valence-electron chi connectivity index (χ4n) is 3.58. The van der Waals surface area contributed by atoms with Gasteiger partial charge in [-0.15, -0.1) is 0 Å². The van der Waals surface area contributed by atoms with Gasteiger partial charge in [-0.2, -0.15) is 5.10 Å². The summed E-state index contributed by atoms with van der Waals surface area (Å²) in [5.74, 6) is -0.570. The first-order valence-corrected chi connectivity index (χ1v) is 12.1. The maximum atomic E-state index is 12.7. The highest BCUT2D eigenvalue weighted by Gasteiger charge is 2.14. The van der Waals surface area contributed by atoms with Crippen molar-refractivity contribution in [3.05, 3.63) is 107 Å². The third kappa shape index (κ3) is 6.74. The molecule has 0 atom stereocenters. The summed E-state index contributed by atoms with van der Waals surface area (Å²) >= 11 is 5.91. The van der Waals surface area contributed by atoms with E-state index in [-0.39, 0.29) is 12.3 Å². The van der Waals surface area contributed by atoms with Gasteiger partial charge < -0.3 is 14.8 Å². The second kappa shape index (κ2) is 12.5. The summed E-state index contributed by atoms with van der Waals surface area (Å²) < 4.78 is 11.0. The molecule has 8 nitrogen and oxygen atoms in total. The summed E-state index contributed by atoms with van der Waals surface area (Å²) in [6.45, 7) is 2.12. The summed E-state index contributed by atoms with van der Waals surface area (Å²) in [5, 5.41) is 8.75. The molecule has 9 heteroatoms. The van der Waals surface area contributed by atoms with Gasteiger partial charge in [0.05, 0.1) is 24.9 Å². The van der Waals surface area contributed by atoms with Gasteiger partial charge in [-0.1, -0.05) is 41.9 Å². The van der Waals surface area contributed by atoms with Gasteiger partial charge in [0.25, 0.3) is 11.8 Å². The maximum Gasteiger partial charge on any atom is 0.343 e. The molecule has 0 aliphatic heterocycles. The van der Waals surface area contributed by atoms with Gasteiger partial charge in [-0.3, -0.25) is 9.59 Å². The zero-order valence-electron chi connectivity index (χ0n) is 20.4. The minimum atomic E-state index is -0.562. The Morgan fingerprint density at radius 1 is 0.895 bits per heavy atom. The van der Waals surface area contributed by atoms with E-state index in [0.717, 1.165) is 10.8 Å². The molecule has 4 rings (SSSR count). The van der Waals surface area contributed by atoms with Crippen molar-refractivity contribution in [3.63, 3.8) is 0 Å². The summed E-state index contributed by atoms with van der Waals surface area (Å²) in [6, 6.07) is 23.9. The predicted octanol–water partition coefficient (Wildman–Crippen LogP) is 4.99. The van der Waals surface area contributed by atoms with E-state index in [9.17, 15) is 14.4 Å². The molecule has 38 heavy (non-hydrogen) atoms. The van der Waals surface area contributed by atoms with E-state index in [1.54, 1.807) is 54.6 Å². The Labute approximate surface area is 224 Å². The number of carbonyl (C=O) groups excluding carboxylic acids is 3. The number of hydrazone groups is 1. The van der Waals surface area contributed by atoms with E-state index in [4.69, 9.17) is 21.1 Å². The molecule has 2 N–H and O–H groups in total. The topological polar surface area (TPSA) is 106 Å². The highest BCUT2D eigenvalue weighted by molar-refractivity contribution is 6.30. The van der Waals surface area contributed by atoms with Crippen LogP contribution < -0.4 is 20.2 Å². The molecule has 4 aromatic rings. The van der Waals surface area contributed by atoms with Crippen molar-refractivity contribution in [2.45, 2.75) is 6.92 Å². The Kier molecular flexibility index (Phi) is 8.69. The fraction of sp³-hybridized carbons (Fsp3) is 0.103. The zero-order valence-corrected chi connectivity index (χ0v) is 21.2. The van der Waals surface area contributed by atoms with Crippen LogP contribution in [-0.2, 0) is 4.79 Å². The first-order chi connectivity index (χ1) is 18.4. The summed E-state index contributed by atoms with van der Waals surface area (Å²) in [7, 11) is 0. The monoisotopic (exact) mass is 529 g/mol. The second-order valence-electron chi connectivity index (χ2n) is 8.03. The number of ether oxygens (including phenoxy) is 2. The molecule has 0 fully saturated rings. The summed E-state index contributed by atoms with van der Waals surface area (Å²) in [6.07, 6.45) is 1.40. The Hall–Kier alpha value is -4.69. The predicted molar refractivity (Wildman–Crippen MR) is 146 cm³/mol. The van der Waals surface area contributed by atoms with Crippen LogP contribution in [0.25, 0.3) is 10.8 Å². The number of rotatable bonds is 9. The number of hydrogen-bond acceptors (Lipinski definition) is 6. The van der Waals surface area contributed by atoms with E-state index >= 15 is 0 Å². The van der Waals surface area contributed by atoms with Crippen LogP contribution in [0.15, 0.2) is 90.0 Å². The largest absolute Gasteiger partial charge is 0.494 e. The average molecular weight is 530 g/mol. The second-order valence-corrected chi connectivity index (χ2v) is 8.46. The molecule has 0 aliphatic carbocycles. The highest BCUT2D eigenvalue weighted by atomic mass is 35.5. The van der Waals surface area contributed by atoms with Crippen LogP contribution in [0.1, 0.15) is 33.2 Å².